The molecular weight excluding hydrogens is 220 g/mol. The highest BCUT2D eigenvalue weighted by atomic mass is 16.5. The third kappa shape index (κ3) is 5.48. The van der Waals surface area contributed by atoms with Gasteiger partial charge in [0.25, 0.3) is 0 Å². The molecule has 1 aliphatic heterocycles. The Hall–Kier alpha value is -0.650. The number of aliphatic hydroxyl groups is 1. The summed E-state index contributed by atoms with van der Waals surface area (Å²) in [6, 6.07) is 0. The lowest BCUT2D eigenvalue weighted by molar-refractivity contribution is -0.133. The van der Waals surface area contributed by atoms with E-state index < -0.39 is 0 Å². The topological polar surface area (TPSA) is 53.0 Å². The smallest absolute Gasteiger partial charge is 0.222 e. The molecule has 0 aromatic heterocycles. The molecule has 1 heterocycles. The predicted molar refractivity (Wildman–Crippen MR) is 65.8 cm³/mol. The summed E-state index contributed by atoms with van der Waals surface area (Å²) < 4.78 is 5.21. The van der Waals surface area contributed by atoms with Crippen molar-refractivity contribution >= 4 is 5.91 Å². The van der Waals surface area contributed by atoms with Crippen molar-refractivity contribution in [2.45, 2.75) is 19.8 Å². The molecule has 5 heteroatoms. The van der Waals surface area contributed by atoms with Crippen molar-refractivity contribution < 1.29 is 14.6 Å². The first-order chi connectivity index (χ1) is 8.27. The van der Waals surface area contributed by atoms with Gasteiger partial charge in [0.15, 0.2) is 0 Å². The zero-order valence-corrected chi connectivity index (χ0v) is 10.7. The third-order valence-electron chi connectivity index (χ3n) is 3.02. The molecule has 1 rings (SSSR count). The van der Waals surface area contributed by atoms with E-state index >= 15 is 0 Å². The molecule has 17 heavy (non-hydrogen) atoms. The second kappa shape index (κ2) is 8.44. The Kier molecular flexibility index (Phi) is 7.16. The fraction of sp³-hybridized carbons (Fsp3) is 0.917. The number of β-amino-alcohol motifs (C(OH)–C–C–N with tert-alkyl or cyclic N) is 1. The van der Waals surface area contributed by atoms with Gasteiger partial charge in [0, 0.05) is 52.4 Å². The first-order valence-corrected chi connectivity index (χ1v) is 6.46. The van der Waals surface area contributed by atoms with Crippen LogP contribution >= 0.6 is 0 Å². The van der Waals surface area contributed by atoms with Gasteiger partial charge in [-0.2, -0.15) is 0 Å². The summed E-state index contributed by atoms with van der Waals surface area (Å²) in [6.45, 7) is 7.58. The molecule has 0 aromatic rings. The van der Waals surface area contributed by atoms with E-state index in [0.717, 1.165) is 32.6 Å². The number of rotatable bonds is 7. The number of amides is 1. The molecule has 0 spiro atoms. The molecule has 0 atom stereocenters. The van der Waals surface area contributed by atoms with Crippen LogP contribution < -0.4 is 0 Å². The van der Waals surface area contributed by atoms with E-state index in [1.54, 1.807) is 0 Å². The molecular formula is C12H24N2O3. The number of hydrogen-bond donors (Lipinski definition) is 1. The van der Waals surface area contributed by atoms with Gasteiger partial charge >= 0.3 is 0 Å². The van der Waals surface area contributed by atoms with Crippen molar-refractivity contribution in [3.63, 3.8) is 0 Å². The van der Waals surface area contributed by atoms with Crippen LogP contribution in [-0.2, 0) is 9.53 Å². The molecule has 1 saturated heterocycles. The molecule has 0 bridgehead atoms. The fourth-order valence-electron chi connectivity index (χ4n) is 1.99. The fourth-order valence-corrected chi connectivity index (χ4v) is 1.99. The Bertz CT molecular complexity index is 216. The number of nitrogens with zero attached hydrogens (tertiary/aromatic N) is 2. The second-order valence-corrected chi connectivity index (χ2v) is 4.25. The number of carbonyl (C=O) groups excluding carboxylic acids is 1. The average Bonchev–Trinajstić information content (AvgIpc) is 2.36. The van der Waals surface area contributed by atoms with Crippen LogP contribution in [0.15, 0.2) is 0 Å². The molecule has 5 nitrogen and oxygen atoms in total. The van der Waals surface area contributed by atoms with E-state index in [1.807, 2.05) is 11.8 Å². The third-order valence-corrected chi connectivity index (χ3v) is 3.02. The zero-order valence-electron chi connectivity index (χ0n) is 10.7. The molecule has 0 saturated carbocycles. The van der Waals surface area contributed by atoms with Crippen LogP contribution in [0.1, 0.15) is 19.8 Å². The van der Waals surface area contributed by atoms with Gasteiger partial charge in [0.05, 0.1) is 6.61 Å². The summed E-state index contributed by atoms with van der Waals surface area (Å²) in [5.74, 6) is 0.230. The lowest BCUT2D eigenvalue weighted by atomic mass is 10.2. The van der Waals surface area contributed by atoms with Gasteiger partial charge in [-0.3, -0.25) is 9.69 Å². The molecule has 1 aliphatic rings. The zero-order chi connectivity index (χ0) is 12.5. The second-order valence-electron chi connectivity index (χ2n) is 4.25. The summed E-state index contributed by atoms with van der Waals surface area (Å²) >= 11 is 0. The number of piperazine rings is 1. The summed E-state index contributed by atoms with van der Waals surface area (Å²) in [5, 5.41) is 8.82. The van der Waals surface area contributed by atoms with Gasteiger partial charge < -0.3 is 14.7 Å². The average molecular weight is 244 g/mol. The molecule has 0 unspecified atom stereocenters. The van der Waals surface area contributed by atoms with Gasteiger partial charge in [-0.15, -0.1) is 0 Å². The maximum Gasteiger partial charge on any atom is 0.222 e. The minimum Gasteiger partial charge on any atom is -0.395 e. The van der Waals surface area contributed by atoms with Gasteiger partial charge in [-0.05, 0) is 13.3 Å². The normalized spacial score (nSPS) is 17.4. The van der Waals surface area contributed by atoms with E-state index in [0.29, 0.717) is 26.2 Å². The lowest BCUT2D eigenvalue weighted by Gasteiger charge is -2.34. The van der Waals surface area contributed by atoms with Crippen LogP contribution in [0.4, 0.5) is 0 Å². The Morgan fingerprint density at radius 2 is 2.00 bits per heavy atom. The van der Waals surface area contributed by atoms with Crippen LogP contribution in [0.3, 0.4) is 0 Å². The predicted octanol–water partition coefficient (Wildman–Crippen LogP) is -0.0604. The molecule has 0 aromatic carbocycles. The maximum absolute atomic E-state index is 11.8. The van der Waals surface area contributed by atoms with Crippen molar-refractivity contribution in [2.75, 3.05) is 52.5 Å². The Morgan fingerprint density at radius 1 is 1.29 bits per heavy atom. The highest BCUT2D eigenvalue weighted by Crippen LogP contribution is 2.05. The summed E-state index contributed by atoms with van der Waals surface area (Å²) in [5.41, 5.74) is 0. The minimum atomic E-state index is 0.197. The van der Waals surface area contributed by atoms with E-state index in [1.165, 1.54) is 0 Å². The summed E-state index contributed by atoms with van der Waals surface area (Å²) in [7, 11) is 0. The van der Waals surface area contributed by atoms with Crippen LogP contribution in [0, 0.1) is 0 Å². The Labute approximate surface area is 103 Å². The number of ether oxygens (including phenoxy) is 1. The lowest BCUT2D eigenvalue weighted by Crippen LogP contribution is -2.49. The van der Waals surface area contributed by atoms with Gasteiger partial charge in [-0.25, -0.2) is 0 Å². The Balaban J connectivity index is 2.12. The van der Waals surface area contributed by atoms with Gasteiger partial charge in [0.1, 0.15) is 0 Å². The van der Waals surface area contributed by atoms with Crippen molar-refractivity contribution in [1.29, 1.82) is 0 Å². The SMILES string of the molecule is CCOCCCC(=O)N1CCN(CCO)CC1. The summed E-state index contributed by atoms with van der Waals surface area (Å²) in [4.78, 5) is 15.9. The van der Waals surface area contributed by atoms with Gasteiger partial charge in [0.2, 0.25) is 5.91 Å². The standard InChI is InChI=1S/C12H24N2O3/c1-2-17-11-3-4-12(16)14-7-5-13(6-8-14)9-10-15/h15H,2-11H2,1H3. The highest BCUT2D eigenvalue weighted by molar-refractivity contribution is 5.76. The van der Waals surface area contributed by atoms with Crippen molar-refractivity contribution in [3.8, 4) is 0 Å². The quantitative estimate of drug-likeness (QED) is 0.638. The molecule has 100 valence electrons. The van der Waals surface area contributed by atoms with Gasteiger partial charge in [-0.1, -0.05) is 0 Å². The minimum absolute atomic E-state index is 0.197. The molecule has 0 aliphatic carbocycles. The van der Waals surface area contributed by atoms with Crippen molar-refractivity contribution in [2.24, 2.45) is 0 Å². The van der Waals surface area contributed by atoms with Crippen LogP contribution in [-0.4, -0.2) is 73.4 Å². The van der Waals surface area contributed by atoms with Crippen LogP contribution in [0.25, 0.3) is 0 Å². The number of hydrogen-bond acceptors (Lipinski definition) is 4. The molecule has 1 N–H and O–H groups in total. The largest absolute Gasteiger partial charge is 0.395 e. The van der Waals surface area contributed by atoms with Crippen LogP contribution in [0.2, 0.25) is 0 Å². The van der Waals surface area contributed by atoms with E-state index in [-0.39, 0.29) is 12.5 Å². The van der Waals surface area contributed by atoms with E-state index in [2.05, 4.69) is 4.90 Å². The molecule has 1 amide bonds. The van der Waals surface area contributed by atoms with Crippen molar-refractivity contribution in [3.05, 3.63) is 0 Å². The number of carbonyl (C=O) groups is 1. The highest BCUT2D eigenvalue weighted by Gasteiger charge is 2.19. The number of aliphatic hydroxyl groups excluding tert-OH is 1. The molecule has 1 fully saturated rings. The Morgan fingerprint density at radius 3 is 2.59 bits per heavy atom. The van der Waals surface area contributed by atoms with Crippen molar-refractivity contribution in [1.82, 2.24) is 9.80 Å². The maximum atomic E-state index is 11.8. The van der Waals surface area contributed by atoms with Crippen LogP contribution in [0.5, 0.6) is 0 Å². The first-order valence-electron chi connectivity index (χ1n) is 6.46. The summed E-state index contributed by atoms with van der Waals surface area (Å²) in [6.07, 6.45) is 1.39. The monoisotopic (exact) mass is 244 g/mol. The first kappa shape index (κ1) is 14.4. The molecule has 0 radical (unpaired) electrons. The van der Waals surface area contributed by atoms with E-state index in [4.69, 9.17) is 9.84 Å². The van der Waals surface area contributed by atoms with E-state index in [9.17, 15) is 4.79 Å².